The van der Waals surface area contributed by atoms with Gasteiger partial charge in [0.1, 0.15) is 5.82 Å². The van der Waals surface area contributed by atoms with Crippen molar-refractivity contribution < 1.29 is 13.9 Å². The molecule has 1 aromatic rings. The lowest BCUT2D eigenvalue weighted by atomic mass is 10.2. The molecule has 2 rings (SSSR count). The van der Waals surface area contributed by atoms with Crippen LogP contribution in [0.15, 0.2) is 24.3 Å². The Morgan fingerprint density at radius 1 is 1.22 bits per heavy atom. The summed E-state index contributed by atoms with van der Waals surface area (Å²) >= 11 is 0. The van der Waals surface area contributed by atoms with Crippen molar-refractivity contribution in [1.82, 2.24) is 0 Å². The SMILES string of the molecule is CCN(CCC1OCCCO1)c1ccc(F)cc1. The fourth-order valence-corrected chi connectivity index (χ4v) is 2.09. The number of anilines is 1. The van der Waals surface area contributed by atoms with Crippen molar-refractivity contribution >= 4 is 5.69 Å². The number of rotatable bonds is 5. The number of halogens is 1. The number of ether oxygens (including phenoxy) is 2. The minimum atomic E-state index is -0.200. The number of benzene rings is 1. The lowest BCUT2D eigenvalue weighted by molar-refractivity contribution is -0.179. The van der Waals surface area contributed by atoms with Gasteiger partial charge in [0, 0.05) is 25.2 Å². The first kappa shape index (κ1) is 13.3. The van der Waals surface area contributed by atoms with Gasteiger partial charge in [-0.25, -0.2) is 4.39 Å². The van der Waals surface area contributed by atoms with E-state index in [1.807, 2.05) is 0 Å². The molecule has 0 bridgehead atoms. The van der Waals surface area contributed by atoms with Gasteiger partial charge in [-0.1, -0.05) is 0 Å². The Kier molecular flexibility index (Phi) is 4.96. The van der Waals surface area contributed by atoms with Crippen LogP contribution in [0.5, 0.6) is 0 Å². The van der Waals surface area contributed by atoms with Gasteiger partial charge in [-0.15, -0.1) is 0 Å². The van der Waals surface area contributed by atoms with E-state index in [9.17, 15) is 4.39 Å². The highest BCUT2D eigenvalue weighted by Crippen LogP contribution is 2.17. The lowest BCUT2D eigenvalue weighted by Gasteiger charge is -2.28. The van der Waals surface area contributed by atoms with E-state index < -0.39 is 0 Å². The van der Waals surface area contributed by atoms with Gasteiger partial charge in [-0.2, -0.15) is 0 Å². The van der Waals surface area contributed by atoms with Gasteiger partial charge in [0.2, 0.25) is 0 Å². The average molecular weight is 253 g/mol. The van der Waals surface area contributed by atoms with Gasteiger partial charge in [0.25, 0.3) is 0 Å². The second-order valence-electron chi connectivity index (χ2n) is 4.37. The first-order chi connectivity index (χ1) is 8.79. The van der Waals surface area contributed by atoms with Gasteiger partial charge in [0.15, 0.2) is 6.29 Å². The van der Waals surface area contributed by atoms with Crippen molar-refractivity contribution in [1.29, 1.82) is 0 Å². The molecule has 18 heavy (non-hydrogen) atoms. The molecule has 0 N–H and O–H groups in total. The maximum absolute atomic E-state index is 12.9. The second-order valence-corrected chi connectivity index (χ2v) is 4.37. The van der Waals surface area contributed by atoms with Crippen molar-refractivity contribution in [2.45, 2.75) is 26.1 Å². The Morgan fingerprint density at radius 3 is 2.50 bits per heavy atom. The fraction of sp³-hybridized carbons (Fsp3) is 0.571. The third-order valence-corrected chi connectivity index (χ3v) is 3.10. The molecule has 0 radical (unpaired) electrons. The van der Waals surface area contributed by atoms with Crippen molar-refractivity contribution in [2.24, 2.45) is 0 Å². The summed E-state index contributed by atoms with van der Waals surface area (Å²) in [6.45, 7) is 5.40. The molecule has 4 heteroatoms. The highest BCUT2D eigenvalue weighted by molar-refractivity contribution is 5.45. The third-order valence-electron chi connectivity index (χ3n) is 3.10. The number of hydrogen-bond acceptors (Lipinski definition) is 3. The number of hydrogen-bond donors (Lipinski definition) is 0. The maximum atomic E-state index is 12.9. The Morgan fingerprint density at radius 2 is 1.89 bits per heavy atom. The van der Waals surface area contributed by atoms with E-state index in [0.29, 0.717) is 0 Å². The molecule has 1 fully saturated rings. The molecule has 3 nitrogen and oxygen atoms in total. The molecule has 1 saturated heterocycles. The van der Waals surface area contributed by atoms with E-state index in [1.165, 1.54) is 12.1 Å². The summed E-state index contributed by atoms with van der Waals surface area (Å²) in [5.74, 6) is -0.200. The summed E-state index contributed by atoms with van der Waals surface area (Å²) < 4.78 is 23.9. The molecular formula is C14H20FNO2. The van der Waals surface area contributed by atoms with E-state index >= 15 is 0 Å². The molecule has 1 aromatic carbocycles. The molecule has 0 atom stereocenters. The summed E-state index contributed by atoms with van der Waals surface area (Å²) in [7, 11) is 0. The predicted molar refractivity (Wildman–Crippen MR) is 69.2 cm³/mol. The van der Waals surface area contributed by atoms with Crippen LogP contribution in [0, 0.1) is 5.82 Å². The third kappa shape index (κ3) is 3.68. The molecule has 0 aliphatic carbocycles. The summed E-state index contributed by atoms with van der Waals surface area (Å²) in [4.78, 5) is 2.20. The predicted octanol–water partition coefficient (Wildman–Crippen LogP) is 2.81. The van der Waals surface area contributed by atoms with E-state index in [-0.39, 0.29) is 12.1 Å². The maximum Gasteiger partial charge on any atom is 0.159 e. The van der Waals surface area contributed by atoms with Crippen LogP contribution in [0.2, 0.25) is 0 Å². The fourth-order valence-electron chi connectivity index (χ4n) is 2.09. The van der Waals surface area contributed by atoms with Crippen molar-refractivity contribution in [2.75, 3.05) is 31.2 Å². The Balaban J connectivity index is 1.86. The molecular weight excluding hydrogens is 233 g/mol. The standard InChI is InChI=1S/C14H20FNO2/c1-2-16(13-6-4-12(15)5-7-13)9-8-14-17-10-3-11-18-14/h4-7,14H,2-3,8-11H2,1H3. The minimum absolute atomic E-state index is 0.0896. The van der Waals surface area contributed by atoms with Crippen LogP contribution in [-0.2, 0) is 9.47 Å². The van der Waals surface area contributed by atoms with Gasteiger partial charge in [0.05, 0.1) is 13.2 Å². The molecule has 0 amide bonds. The summed E-state index contributed by atoms with van der Waals surface area (Å²) in [5, 5.41) is 0. The Bertz CT molecular complexity index is 349. The molecule has 100 valence electrons. The quantitative estimate of drug-likeness (QED) is 0.805. The van der Waals surface area contributed by atoms with Crippen LogP contribution < -0.4 is 4.90 Å². The lowest BCUT2D eigenvalue weighted by Crippen LogP contribution is -2.31. The molecule has 0 aromatic heterocycles. The smallest absolute Gasteiger partial charge is 0.159 e. The van der Waals surface area contributed by atoms with Crippen LogP contribution >= 0.6 is 0 Å². The Hall–Kier alpha value is -1.13. The van der Waals surface area contributed by atoms with Gasteiger partial charge in [-0.3, -0.25) is 0 Å². The second kappa shape index (κ2) is 6.71. The zero-order valence-corrected chi connectivity index (χ0v) is 10.8. The van der Waals surface area contributed by atoms with Crippen LogP contribution in [0.3, 0.4) is 0 Å². The van der Waals surface area contributed by atoms with E-state index in [0.717, 1.165) is 44.8 Å². The van der Waals surface area contributed by atoms with Crippen molar-refractivity contribution in [3.05, 3.63) is 30.1 Å². The zero-order chi connectivity index (χ0) is 12.8. The van der Waals surface area contributed by atoms with Crippen LogP contribution in [-0.4, -0.2) is 32.6 Å². The first-order valence-electron chi connectivity index (χ1n) is 6.53. The van der Waals surface area contributed by atoms with Crippen LogP contribution in [0.4, 0.5) is 10.1 Å². The molecule has 1 heterocycles. The summed E-state index contributed by atoms with van der Waals surface area (Å²) in [6.07, 6.45) is 1.73. The molecule has 0 spiro atoms. The van der Waals surface area contributed by atoms with Crippen LogP contribution in [0.25, 0.3) is 0 Å². The van der Waals surface area contributed by atoms with Crippen LogP contribution in [0.1, 0.15) is 19.8 Å². The molecule has 0 unspecified atom stereocenters. The topological polar surface area (TPSA) is 21.7 Å². The molecule has 0 saturated carbocycles. The number of nitrogens with zero attached hydrogens (tertiary/aromatic N) is 1. The Labute approximate surface area is 107 Å². The van der Waals surface area contributed by atoms with Gasteiger partial charge < -0.3 is 14.4 Å². The highest BCUT2D eigenvalue weighted by atomic mass is 19.1. The molecule has 1 aliphatic rings. The van der Waals surface area contributed by atoms with Crippen molar-refractivity contribution in [3.8, 4) is 0 Å². The largest absolute Gasteiger partial charge is 0.372 e. The normalized spacial score (nSPS) is 16.8. The zero-order valence-electron chi connectivity index (χ0n) is 10.8. The van der Waals surface area contributed by atoms with E-state index in [1.54, 1.807) is 12.1 Å². The average Bonchev–Trinajstić information content (AvgIpc) is 2.42. The van der Waals surface area contributed by atoms with Crippen molar-refractivity contribution in [3.63, 3.8) is 0 Å². The molecule has 1 aliphatic heterocycles. The van der Waals surface area contributed by atoms with Gasteiger partial charge in [-0.05, 0) is 37.6 Å². The monoisotopic (exact) mass is 253 g/mol. The highest BCUT2D eigenvalue weighted by Gasteiger charge is 2.15. The van der Waals surface area contributed by atoms with Gasteiger partial charge >= 0.3 is 0 Å². The first-order valence-corrected chi connectivity index (χ1v) is 6.53. The van der Waals surface area contributed by atoms with E-state index in [4.69, 9.17) is 9.47 Å². The summed E-state index contributed by atoms with van der Waals surface area (Å²) in [5.41, 5.74) is 1.04. The minimum Gasteiger partial charge on any atom is -0.372 e. The van der Waals surface area contributed by atoms with E-state index in [2.05, 4.69) is 11.8 Å². The summed E-state index contributed by atoms with van der Waals surface area (Å²) in [6, 6.07) is 6.60.